The summed E-state index contributed by atoms with van der Waals surface area (Å²) in [5.41, 5.74) is 1.11. The van der Waals surface area contributed by atoms with Crippen molar-refractivity contribution in [1.82, 2.24) is 5.32 Å². The van der Waals surface area contributed by atoms with Crippen LogP contribution in [0.5, 0.6) is 5.75 Å². The lowest BCUT2D eigenvalue weighted by Gasteiger charge is -2.13. The van der Waals surface area contributed by atoms with Crippen LogP contribution in [0.15, 0.2) is 36.4 Å². The number of hydrogen-bond donors (Lipinski definition) is 2. The van der Waals surface area contributed by atoms with E-state index in [1.165, 1.54) is 9.75 Å². The molecule has 3 heteroatoms. The molecule has 17 heavy (non-hydrogen) atoms. The average molecular weight is 247 g/mol. The summed E-state index contributed by atoms with van der Waals surface area (Å²) in [4.78, 5) is 2.68. The Morgan fingerprint density at radius 3 is 2.76 bits per heavy atom. The van der Waals surface area contributed by atoms with Crippen molar-refractivity contribution in [2.45, 2.75) is 26.4 Å². The second-order valence-electron chi connectivity index (χ2n) is 4.21. The Bertz CT molecular complexity index is 492. The van der Waals surface area contributed by atoms with Crippen LogP contribution in [-0.2, 0) is 6.54 Å². The standard InChI is InChI=1S/C14H17NOS/c1-10-6-7-14(17-10)9-15-11(2)12-4-3-5-13(16)8-12/h3-8,11,15-16H,9H2,1-2H3. The van der Waals surface area contributed by atoms with Crippen molar-refractivity contribution in [2.24, 2.45) is 0 Å². The van der Waals surface area contributed by atoms with Gasteiger partial charge in [0.05, 0.1) is 0 Å². The van der Waals surface area contributed by atoms with E-state index in [0.29, 0.717) is 5.75 Å². The van der Waals surface area contributed by atoms with E-state index in [1.54, 1.807) is 12.1 Å². The van der Waals surface area contributed by atoms with Crippen LogP contribution in [0, 0.1) is 6.92 Å². The van der Waals surface area contributed by atoms with E-state index in [-0.39, 0.29) is 6.04 Å². The third-order valence-corrected chi connectivity index (χ3v) is 3.75. The van der Waals surface area contributed by atoms with Crippen LogP contribution in [0.2, 0.25) is 0 Å². The Morgan fingerprint density at radius 2 is 2.12 bits per heavy atom. The van der Waals surface area contributed by atoms with Gasteiger partial charge in [0.15, 0.2) is 0 Å². The second kappa shape index (κ2) is 5.34. The molecule has 0 aliphatic rings. The lowest BCUT2D eigenvalue weighted by atomic mass is 10.1. The lowest BCUT2D eigenvalue weighted by molar-refractivity contribution is 0.472. The van der Waals surface area contributed by atoms with Gasteiger partial charge in [0.2, 0.25) is 0 Å². The van der Waals surface area contributed by atoms with Crippen LogP contribution in [0.1, 0.15) is 28.3 Å². The normalized spacial score (nSPS) is 12.6. The van der Waals surface area contributed by atoms with E-state index in [1.807, 2.05) is 23.5 Å². The molecule has 2 rings (SSSR count). The first-order valence-corrected chi connectivity index (χ1v) is 6.54. The van der Waals surface area contributed by atoms with E-state index >= 15 is 0 Å². The third-order valence-electron chi connectivity index (χ3n) is 2.75. The number of hydrogen-bond acceptors (Lipinski definition) is 3. The molecular formula is C14H17NOS. The first-order valence-electron chi connectivity index (χ1n) is 5.73. The molecule has 0 amide bonds. The van der Waals surface area contributed by atoms with Gasteiger partial charge in [0.1, 0.15) is 5.75 Å². The predicted octanol–water partition coefficient (Wildman–Crippen LogP) is 3.61. The second-order valence-corrected chi connectivity index (χ2v) is 5.58. The zero-order valence-corrected chi connectivity index (χ0v) is 10.9. The van der Waals surface area contributed by atoms with E-state index in [4.69, 9.17) is 0 Å². The van der Waals surface area contributed by atoms with Crippen LogP contribution < -0.4 is 5.32 Å². The van der Waals surface area contributed by atoms with Crippen LogP contribution >= 0.6 is 11.3 Å². The van der Waals surface area contributed by atoms with Crippen molar-refractivity contribution < 1.29 is 5.11 Å². The minimum absolute atomic E-state index is 0.240. The van der Waals surface area contributed by atoms with Gasteiger partial charge in [0, 0.05) is 22.3 Å². The quantitative estimate of drug-likeness (QED) is 0.865. The van der Waals surface area contributed by atoms with Gasteiger partial charge < -0.3 is 10.4 Å². The molecule has 0 aliphatic carbocycles. The summed E-state index contributed by atoms with van der Waals surface area (Å²) in [5.74, 6) is 0.322. The molecule has 0 spiro atoms. The summed E-state index contributed by atoms with van der Waals surface area (Å²) in [5, 5.41) is 12.9. The van der Waals surface area contributed by atoms with Crippen molar-refractivity contribution in [2.75, 3.05) is 0 Å². The molecule has 2 N–H and O–H groups in total. The van der Waals surface area contributed by atoms with Crippen LogP contribution in [-0.4, -0.2) is 5.11 Å². The molecule has 0 fully saturated rings. The fourth-order valence-corrected chi connectivity index (χ4v) is 2.59. The lowest BCUT2D eigenvalue weighted by Crippen LogP contribution is -2.17. The maximum absolute atomic E-state index is 9.42. The molecular weight excluding hydrogens is 230 g/mol. The molecule has 0 saturated heterocycles. The fourth-order valence-electron chi connectivity index (χ4n) is 1.75. The summed E-state index contributed by atoms with van der Waals surface area (Å²) in [6.07, 6.45) is 0. The zero-order chi connectivity index (χ0) is 12.3. The molecule has 1 unspecified atom stereocenters. The van der Waals surface area contributed by atoms with E-state index in [9.17, 15) is 5.11 Å². The molecule has 0 saturated carbocycles. The van der Waals surface area contributed by atoms with Crippen molar-refractivity contribution in [3.63, 3.8) is 0 Å². The number of thiophene rings is 1. The van der Waals surface area contributed by atoms with Gasteiger partial charge in [0.25, 0.3) is 0 Å². The highest BCUT2D eigenvalue weighted by Crippen LogP contribution is 2.20. The number of benzene rings is 1. The number of aromatic hydroxyl groups is 1. The van der Waals surface area contributed by atoms with Gasteiger partial charge in [-0.05, 0) is 43.7 Å². The van der Waals surface area contributed by atoms with Gasteiger partial charge >= 0.3 is 0 Å². The van der Waals surface area contributed by atoms with Gasteiger partial charge in [-0.3, -0.25) is 0 Å². The Balaban J connectivity index is 1.95. The predicted molar refractivity (Wildman–Crippen MR) is 72.4 cm³/mol. The monoisotopic (exact) mass is 247 g/mol. The van der Waals surface area contributed by atoms with Gasteiger partial charge in [-0.1, -0.05) is 12.1 Å². The van der Waals surface area contributed by atoms with Crippen LogP contribution in [0.25, 0.3) is 0 Å². The SMILES string of the molecule is Cc1ccc(CNC(C)c2cccc(O)c2)s1. The van der Waals surface area contributed by atoms with Gasteiger partial charge in [-0.15, -0.1) is 11.3 Å². The number of phenolic OH excluding ortho intramolecular Hbond substituents is 1. The summed E-state index contributed by atoms with van der Waals surface area (Å²) >= 11 is 1.82. The molecule has 1 aromatic heterocycles. The summed E-state index contributed by atoms with van der Waals surface area (Å²) < 4.78 is 0. The van der Waals surface area contributed by atoms with E-state index in [2.05, 4.69) is 31.3 Å². The zero-order valence-electron chi connectivity index (χ0n) is 10.1. The highest BCUT2D eigenvalue weighted by molar-refractivity contribution is 7.11. The van der Waals surface area contributed by atoms with Crippen LogP contribution in [0.3, 0.4) is 0 Å². The topological polar surface area (TPSA) is 32.3 Å². The number of phenols is 1. The average Bonchev–Trinajstić information content (AvgIpc) is 2.72. The summed E-state index contributed by atoms with van der Waals surface area (Å²) in [6.45, 7) is 5.09. The van der Waals surface area contributed by atoms with Crippen molar-refractivity contribution in [3.05, 3.63) is 51.7 Å². The third kappa shape index (κ3) is 3.32. The van der Waals surface area contributed by atoms with E-state index < -0.39 is 0 Å². The Morgan fingerprint density at radius 1 is 1.29 bits per heavy atom. The molecule has 2 aromatic rings. The maximum Gasteiger partial charge on any atom is 0.115 e. The Kier molecular flexibility index (Phi) is 3.82. The number of rotatable bonds is 4. The van der Waals surface area contributed by atoms with Crippen molar-refractivity contribution >= 4 is 11.3 Å². The first-order chi connectivity index (χ1) is 8.15. The largest absolute Gasteiger partial charge is 0.508 e. The smallest absolute Gasteiger partial charge is 0.115 e. The molecule has 0 radical (unpaired) electrons. The molecule has 0 aliphatic heterocycles. The minimum Gasteiger partial charge on any atom is -0.508 e. The molecule has 0 bridgehead atoms. The molecule has 1 aromatic carbocycles. The first kappa shape index (κ1) is 12.1. The molecule has 90 valence electrons. The van der Waals surface area contributed by atoms with Crippen molar-refractivity contribution in [1.29, 1.82) is 0 Å². The number of aryl methyl sites for hydroxylation is 1. The summed E-state index contributed by atoms with van der Waals surface area (Å²) in [6, 6.07) is 11.9. The number of nitrogens with one attached hydrogen (secondary N) is 1. The maximum atomic E-state index is 9.42. The highest BCUT2D eigenvalue weighted by Gasteiger charge is 2.06. The van der Waals surface area contributed by atoms with Crippen molar-refractivity contribution in [3.8, 4) is 5.75 Å². The fraction of sp³-hybridized carbons (Fsp3) is 0.286. The molecule has 1 atom stereocenters. The van der Waals surface area contributed by atoms with Gasteiger partial charge in [-0.2, -0.15) is 0 Å². The molecule has 1 heterocycles. The van der Waals surface area contributed by atoms with Gasteiger partial charge in [-0.25, -0.2) is 0 Å². The highest BCUT2D eigenvalue weighted by atomic mass is 32.1. The Hall–Kier alpha value is -1.32. The molecule has 2 nitrogen and oxygen atoms in total. The Labute approximate surface area is 106 Å². The van der Waals surface area contributed by atoms with E-state index in [0.717, 1.165) is 12.1 Å². The van der Waals surface area contributed by atoms with Crippen LogP contribution in [0.4, 0.5) is 0 Å². The summed E-state index contributed by atoms with van der Waals surface area (Å²) in [7, 11) is 0. The minimum atomic E-state index is 0.240.